The van der Waals surface area contributed by atoms with E-state index in [4.69, 9.17) is 5.84 Å². The van der Waals surface area contributed by atoms with Gasteiger partial charge in [-0.05, 0) is 43.8 Å². The van der Waals surface area contributed by atoms with E-state index < -0.39 is 0 Å². The molecule has 1 heterocycles. The lowest BCUT2D eigenvalue weighted by molar-refractivity contribution is 0.564. The van der Waals surface area contributed by atoms with Crippen LogP contribution in [0.5, 0.6) is 0 Å². The number of nitrogens with two attached hydrogens (primary N) is 1. The minimum atomic E-state index is 0.597. The summed E-state index contributed by atoms with van der Waals surface area (Å²) in [5, 5.41) is 4.34. The molecule has 0 radical (unpaired) electrons. The van der Waals surface area contributed by atoms with Crippen LogP contribution in [0.4, 0.5) is 11.6 Å². The molecule has 6 heteroatoms. The van der Waals surface area contributed by atoms with Crippen LogP contribution in [0.1, 0.15) is 25.7 Å². The maximum atomic E-state index is 5.44. The minimum Gasteiger partial charge on any atom is -0.367 e. The molecule has 0 aliphatic heterocycles. The van der Waals surface area contributed by atoms with Gasteiger partial charge in [0.05, 0.1) is 0 Å². The van der Waals surface area contributed by atoms with Crippen molar-refractivity contribution in [2.45, 2.75) is 36.9 Å². The van der Waals surface area contributed by atoms with Gasteiger partial charge >= 0.3 is 0 Å². The topological polar surface area (TPSA) is 75.9 Å². The van der Waals surface area contributed by atoms with Gasteiger partial charge in [0.25, 0.3) is 0 Å². The smallest absolute Gasteiger partial charge is 0.191 e. The number of nitrogen functional groups attached to an aromatic ring is 1. The number of thioether (sulfide) groups is 1. The number of anilines is 2. The van der Waals surface area contributed by atoms with Crippen LogP contribution in [0.3, 0.4) is 0 Å². The number of hydrogen-bond donors (Lipinski definition) is 3. The van der Waals surface area contributed by atoms with Crippen LogP contribution in [-0.4, -0.2) is 22.3 Å². The molecule has 2 fully saturated rings. The van der Waals surface area contributed by atoms with Crippen LogP contribution in [0.25, 0.3) is 0 Å². The highest BCUT2D eigenvalue weighted by Crippen LogP contribution is 2.45. The summed E-state index contributed by atoms with van der Waals surface area (Å²) in [6.07, 6.45) is 7.40. The summed E-state index contributed by atoms with van der Waals surface area (Å²) in [7, 11) is 0. The Morgan fingerprint density at radius 3 is 2.33 bits per heavy atom. The summed E-state index contributed by atoms with van der Waals surface area (Å²) in [6, 6.07) is 2.48. The van der Waals surface area contributed by atoms with Crippen molar-refractivity contribution in [2.75, 3.05) is 17.0 Å². The van der Waals surface area contributed by atoms with Gasteiger partial charge in [-0.2, -0.15) is 0 Å². The lowest BCUT2D eigenvalue weighted by Crippen LogP contribution is -2.25. The van der Waals surface area contributed by atoms with Crippen molar-refractivity contribution in [3.8, 4) is 0 Å². The van der Waals surface area contributed by atoms with Gasteiger partial charge in [0.2, 0.25) is 0 Å². The van der Waals surface area contributed by atoms with Crippen molar-refractivity contribution in [1.29, 1.82) is 0 Å². The second-order valence-corrected chi connectivity index (χ2v) is 5.89. The van der Waals surface area contributed by atoms with Crippen molar-refractivity contribution in [2.24, 2.45) is 17.7 Å². The van der Waals surface area contributed by atoms with E-state index >= 15 is 0 Å². The van der Waals surface area contributed by atoms with E-state index in [1.807, 2.05) is 12.3 Å². The van der Waals surface area contributed by atoms with Crippen LogP contribution in [0.2, 0.25) is 0 Å². The first-order valence-corrected chi connectivity index (χ1v) is 7.69. The molecule has 3 rings (SSSR count). The fourth-order valence-electron chi connectivity index (χ4n) is 2.37. The second kappa shape index (κ2) is 4.93. The Balaban J connectivity index is 1.77. The highest BCUT2D eigenvalue weighted by Gasteiger charge is 2.41. The summed E-state index contributed by atoms with van der Waals surface area (Å²) >= 11 is 1.53. The molecule has 1 aromatic rings. The summed E-state index contributed by atoms with van der Waals surface area (Å²) in [6.45, 7) is 0. The van der Waals surface area contributed by atoms with Crippen molar-refractivity contribution in [1.82, 2.24) is 9.97 Å². The molecule has 0 unspecified atom stereocenters. The maximum absolute atomic E-state index is 5.44. The zero-order chi connectivity index (χ0) is 12.5. The fourth-order valence-corrected chi connectivity index (χ4v) is 2.75. The molecule has 4 N–H and O–H groups in total. The third-order valence-electron chi connectivity index (χ3n) is 3.61. The van der Waals surface area contributed by atoms with Crippen molar-refractivity contribution in [3.05, 3.63) is 6.07 Å². The molecular weight excluding hydrogens is 246 g/mol. The number of nitrogens with zero attached hydrogens (tertiary/aromatic N) is 2. The van der Waals surface area contributed by atoms with E-state index in [1.165, 1.54) is 37.4 Å². The number of hydrazine groups is 1. The van der Waals surface area contributed by atoms with Gasteiger partial charge in [-0.15, -0.1) is 0 Å². The summed E-state index contributed by atoms with van der Waals surface area (Å²) in [4.78, 5) is 8.78. The maximum Gasteiger partial charge on any atom is 0.191 e. The Labute approximate surface area is 111 Å². The van der Waals surface area contributed by atoms with E-state index in [0.29, 0.717) is 11.9 Å². The van der Waals surface area contributed by atoms with Crippen molar-refractivity contribution < 1.29 is 0 Å². The fraction of sp³-hybridized carbons (Fsp3) is 0.667. The molecule has 0 atom stereocenters. The molecule has 0 aromatic carbocycles. The molecule has 0 saturated heterocycles. The predicted molar refractivity (Wildman–Crippen MR) is 74.5 cm³/mol. The molecule has 18 heavy (non-hydrogen) atoms. The van der Waals surface area contributed by atoms with Gasteiger partial charge < -0.3 is 10.7 Å². The molecule has 5 nitrogen and oxygen atoms in total. The number of nitrogens with one attached hydrogen (secondary N) is 2. The molecule has 0 bridgehead atoms. The average Bonchev–Trinajstić information content (AvgIpc) is 3.28. The first-order chi connectivity index (χ1) is 8.80. The van der Waals surface area contributed by atoms with Crippen LogP contribution in [-0.2, 0) is 0 Å². The van der Waals surface area contributed by atoms with E-state index in [1.54, 1.807) is 0 Å². The average molecular weight is 265 g/mol. The molecule has 0 spiro atoms. The van der Waals surface area contributed by atoms with Crippen LogP contribution in [0, 0.1) is 11.8 Å². The van der Waals surface area contributed by atoms with Gasteiger partial charge in [0.1, 0.15) is 11.6 Å². The Morgan fingerprint density at radius 2 is 1.83 bits per heavy atom. The number of hydrogen-bond acceptors (Lipinski definition) is 6. The van der Waals surface area contributed by atoms with E-state index in [-0.39, 0.29) is 0 Å². The van der Waals surface area contributed by atoms with Gasteiger partial charge in [-0.1, -0.05) is 11.8 Å². The van der Waals surface area contributed by atoms with E-state index in [9.17, 15) is 0 Å². The SMILES string of the molecule is CSc1nc(NN)cc(NC(C2CC2)C2CC2)n1. The normalized spacial score (nSPS) is 19.1. The standard InChI is InChI=1S/C12H19N5S/c1-18-12-15-9(6-10(16-12)17-13)14-11(7-2-3-7)8-4-5-8/h6-8,11H,2-5,13H2,1H3,(H2,14,15,16,17). The third kappa shape index (κ3) is 2.70. The van der Waals surface area contributed by atoms with Crippen LogP contribution < -0.4 is 16.6 Å². The Kier molecular flexibility index (Phi) is 3.30. The largest absolute Gasteiger partial charge is 0.367 e. The monoisotopic (exact) mass is 265 g/mol. The zero-order valence-corrected chi connectivity index (χ0v) is 11.3. The molecule has 1 aromatic heterocycles. The Morgan fingerprint density at radius 1 is 1.22 bits per heavy atom. The zero-order valence-electron chi connectivity index (χ0n) is 10.5. The van der Waals surface area contributed by atoms with Gasteiger partial charge in [-0.25, -0.2) is 15.8 Å². The summed E-state index contributed by atoms with van der Waals surface area (Å²) in [5.74, 6) is 8.70. The van der Waals surface area contributed by atoms with Crippen molar-refractivity contribution in [3.63, 3.8) is 0 Å². The Hall–Kier alpha value is -1.01. The van der Waals surface area contributed by atoms with Crippen LogP contribution in [0.15, 0.2) is 11.2 Å². The molecule has 2 aliphatic rings. The molecule has 2 saturated carbocycles. The van der Waals surface area contributed by atoms with E-state index in [0.717, 1.165) is 22.8 Å². The van der Waals surface area contributed by atoms with Gasteiger partial charge in [0.15, 0.2) is 5.16 Å². The minimum absolute atomic E-state index is 0.597. The first-order valence-electron chi connectivity index (χ1n) is 6.46. The highest BCUT2D eigenvalue weighted by molar-refractivity contribution is 7.98. The van der Waals surface area contributed by atoms with Gasteiger partial charge in [-0.3, -0.25) is 0 Å². The molecule has 0 amide bonds. The lowest BCUT2D eigenvalue weighted by atomic mass is 10.1. The number of rotatable bonds is 6. The van der Waals surface area contributed by atoms with Gasteiger partial charge in [0, 0.05) is 12.1 Å². The van der Waals surface area contributed by atoms with E-state index in [2.05, 4.69) is 20.7 Å². The predicted octanol–water partition coefficient (Wildman–Crippen LogP) is 2.08. The quantitative estimate of drug-likeness (QED) is 0.316. The molecule has 2 aliphatic carbocycles. The summed E-state index contributed by atoms with van der Waals surface area (Å²) in [5.41, 5.74) is 2.60. The Bertz CT molecular complexity index is 396. The first kappa shape index (κ1) is 12.0. The number of aromatic nitrogens is 2. The van der Waals surface area contributed by atoms with Crippen molar-refractivity contribution >= 4 is 23.4 Å². The summed E-state index contributed by atoms with van der Waals surface area (Å²) < 4.78 is 0. The second-order valence-electron chi connectivity index (χ2n) is 5.11. The van der Waals surface area contributed by atoms with Crippen LogP contribution >= 0.6 is 11.8 Å². The highest BCUT2D eigenvalue weighted by atomic mass is 32.2. The molecule has 98 valence electrons. The molecular formula is C12H19N5S. The lowest BCUT2D eigenvalue weighted by Gasteiger charge is -2.19. The third-order valence-corrected chi connectivity index (χ3v) is 4.16.